The maximum absolute atomic E-state index is 12.9. The lowest BCUT2D eigenvalue weighted by Crippen LogP contribution is -2.37. The fraction of sp³-hybridized carbons (Fsp3) is 0.550. The highest BCUT2D eigenvalue weighted by molar-refractivity contribution is 5.77. The number of unbranched alkanes of at least 4 members (excludes halogenated alkanes) is 1. The Morgan fingerprint density at radius 3 is 2.62 bits per heavy atom. The van der Waals surface area contributed by atoms with Gasteiger partial charge in [0, 0.05) is 26.6 Å². The van der Waals surface area contributed by atoms with E-state index in [0.717, 1.165) is 30.6 Å². The molecule has 0 saturated heterocycles. The SMILES string of the molecule is CCCCc1nc2ccccc2c(=O)n1CCN(C)C(=O)OC(C)(C)C. The minimum atomic E-state index is -0.543. The number of aryl methyl sites for hydroxylation is 1. The Morgan fingerprint density at radius 1 is 1.27 bits per heavy atom. The van der Waals surface area contributed by atoms with Gasteiger partial charge in [-0.15, -0.1) is 0 Å². The van der Waals surface area contributed by atoms with Crippen LogP contribution in [-0.2, 0) is 17.7 Å². The van der Waals surface area contributed by atoms with E-state index in [-0.39, 0.29) is 5.56 Å². The van der Waals surface area contributed by atoms with E-state index in [9.17, 15) is 9.59 Å². The normalized spacial score (nSPS) is 11.6. The fourth-order valence-corrected chi connectivity index (χ4v) is 2.65. The average molecular weight is 359 g/mol. The van der Waals surface area contributed by atoms with Gasteiger partial charge in [-0.2, -0.15) is 0 Å². The molecule has 0 N–H and O–H groups in total. The zero-order valence-electron chi connectivity index (χ0n) is 16.4. The molecule has 0 spiro atoms. The number of fused-ring (bicyclic) bond motifs is 1. The van der Waals surface area contributed by atoms with Gasteiger partial charge in [-0.1, -0.05) is 25.5 Å². The first-order chi connectivity index (χ1) is 12.2. The molecule has 1 heterocycles. The number of rotatable bonds is 6. The van der Waals surface area contributed by atoms with Crippen molar-refractivity contribution < 1.29 is 9.53 Å². The Kier molecular flexibility index (Phi) is 6.40. The molecular formula is C20H29N3O3. The Labute approximate surface area is 154 Å². The van der Waals surface area contributed by atoms with Crippen molar-refractivity contribution in [2.24, 2.45) is 0 Å². The first-order valence-electron chi connectivity index (χ1n) is 9.15. The molecule has 2 rings (SSSR count). The van der Waals surface area contributed by atoms with Gasteiger partial charge >= 0.3 is 6.09 Å². The van der Waals surface area contributed by atoms with Gasteiger partial charge in [-0.25, -0.2) is 9.78 Å². The van der Waals surface area contributed by atoms with Crippen molar-refractivity contribution in [2.75, 3.05) is 13.6 Å². The van der Waals surface area contributed by atoms with Gasteiger partial charge in [0.05, 0.1) is 10.9 Å². The highest BCUT2D eigenvalue weighted by Gasteiger charge is 2.20. The molecule has 0 saturated carbocycles. The van der Waals surface area contributed by atoms with Crippen LogP contribution < -0.4 is 5.56 Å². The zero-order chi connectivity index (χ0) is 19.3. The number of nitrogens with zero attached hydrogens (tertiary/aromatic N) is 3. The molecule has 0 atom stereocenters. The summed E-state index contributed by atoms with van der Waals surface area (Å²) in [6.45, 7) is 8.39. The Hall–Kier alpha value is -2.37. The number of likely N-dealkylation sites (N-methyl/N-ethyl adjacent to an activating group) is 1. The number of hydrogen-bond donors (Lipinski definition) is 0. The molecule has 0 aliphatic carbocycles. The molecule has 1 aromatic carbocycles. The molecule has 26 heavy (non-hydrogen) atoms. The molecule has 2 aromatic rings. The molecule has 1 amide bonds. The summed E-state index contributed by atoms with van der Waals surface area (Å²) in [5.41, 5.74) is 0.124. The van der Waals surface area contributed by atoms with Crippen molar-refractivity contribution in [1.82, 2.24) is 14.5 Å². The van der Waals surface area contributed by atoms with Gasteiger partial charge in [0.1, 0.15) is 11.4 Å². The summed E-state index contributed by atoms with van der Waals surface area (Å²) in [6.07, 6.45) is 2.34. The lowest BCUT2D eigenvalue weighted by molar-refractivity contribution is 0.0292. The highest BCUT2D eigenvalue weighted by Crippen LogP contribution is 2.11. The predicted octanol–water partition coefficient (Wildman–Crippen LogP) is 3.61. The number of amides is 1. The van der Waals surface area contributed by atoms with Crippen LogP contribution in [0.2, 0.25) is 0 Å². The van der Waals surface area contributed by atoms with Crippen LogP contribution in [0.5, 0.6) is 0 Å². The van der Waals surface area contributed by atoms with Crippen LogP contribution in [0.15, 0.2) is 29.1 Å². The minimum absolute atomic E-state index is 0.0562. The van der Waals surface area contributed by atoms with E-state index in [2.05, 4.69) is 11.9 Å². The summed E-state index contributed by atoms with van der Waals surface area (Å²) >= 11 is 0. The van der Waals surface area contributed by atoms with Gasteiger partial charge in [0.25, 0.3) is 5.56 Å². The molecule has 0 aliphatic rings. The summed E-state index contributed by atoms with van der Waals surface area (Å²) in [7, 11) is 1.68. The van der Waals surface area contributed by atoms with Crippen LogP contribution in [0.3, 0.4) is 0 Å². The molecule has 142 valence electrons. The summed E-state index contributed by atoms with van der Waals surface area (Å²) in [6, 6.07) is 7.39. The number of carbonyl (C=O) groups excluding carboxylic acids is 1. The van der Waals surface area contributed by atoms with Gasteiger partial charge in [0.2, 0.25) is 0 Å². The third kappa shape index (κ3) is 5.07. The molecule has 6 heteroatoms. The molecule has 0 unspecified atom stereocenters. The highest BCUT2D eigenvalue weighted by atomic mass is 16.6. The maximum atomic E-state index is 12.9. The fourth-order valence-electron chi connectivity index (χ4n) is 2.65. The van der Waals surface area contributed by atoms with Crippen molar-refractivity contribution in [3.05, 3.63) is 40.4 Å². The first-order valence-corrected chi connectivity index (χ1v) is 9.15. The number of carbonyl (C=O) groups is 1. The van der Waals surface area contributed by atoms with Crippen LogP contribution in [0.25, 0.3) is 10.9 Å². The number of ether oxygens (including phenoxy) is 1. The van der Waals surface area contributed by atoms with E-state index < -0.39 is 11.7 Å². The van der Waals surface area contributed by atoms with Crippen LogP contribution in [0, 0.1) is 0 Å². The Bertz CT molecular complexity index is 821. The van der Waals surface area contributed by atoms with E-state index in [4.69, 9.17) is 4.74 Å². The first kappa shape index (κ1) is 19.9. The van der Waals surface area contributed by atoms with Crippen molar-refractivity contribution in [1.29, 1.82) is 0 Å². The summed E-state index contributed by atoms with van der Waals surface area (Å²) < 4.78 is 7.06. The van der Waals surface area contributed by atoms with Gasteiger partial charge < -0.3 is 9.64 Å². The Morgan fingerprint density at radius 2 is 1.96 bits per heavy atom. The van der Waals surface area contributed by atoms with Gasteiger partial charge in [0.15, 0.2) is 0 Å². The quantitative estimate of drug-likeness (QED) is 0.790. The number of benzene rings is 1. The van der Waals surface area contributed by atoms with Crippen molar-refractivity contribution in [2.45, 2.75) is 59.1 Å². The van der Waals surface area contributed by atoms with Crippen LogP contribution in [0.4, 0.5) is 4.79 Å². The van der Waals surface area contributed by atoms with Crippen LogP contribution in [-0.4, -0.2) is 39.7 Å². The Balaban J connectivity index is 2.25. The monoisotopic (exact) mass is 359 g/mol. The van der Waals surface area contributed by atoms with E-state index in [1.165, 1.54) is 4.90 Å². The predicted molar refractivity (Wildman–Crippen MR) is 103 cm³/mol. The summed E-state index contributed by atoms with van der Waals surface area (Å²) in [5.74, 6) is 0.771. The largest absolute Gasteiger partial charge is 0.444 e. The van der Waals surface area contributed by atoms with Crippen LogP contribution in [0.1, 0.15) is 46.4 Å². The second-order valence-electron chi connectivity index (χ2n) is 7.51. The summed E-state index contributed by atoms with van der Waals surface area (Å²) in [4.78, 5) is 31.2. The smallest absolute Gasteiger partial charge is 0.410 e. The lowest BCUT2D eigenvalue weighted by atomic mass is 10.2. The standard InChI is InChI=1S/C20H29N3O3/c1-6-7-12-17-21-16-11-9-8-10-15(16)18(24)23(17)14-13-22(5)19(25)26-20(2,3)4/h8-11H,6-7,12-14H2,1-5H3. The molecule has 6 nitrogen and oxygen atoms in total. The molecule has 0 fully saturated rings. The number of para-hydroxylation sites is 1. The van der Waals surface area contributed by atoms with Crippen molar-refractivity contribution in [3.8, 4) is 0 Å². The van der Waals surface area contributed by atoms with E-state index in [1.54, 1.807) is 17.7 Å². The average Bonchev–Trinajstić information content (AvgIpc) is 2.57. The molecule has 0 bridgehead atoms. The zero-order valence-corrected chi connectivity index (χ0v) is 16.4. The van der Waals surface area contributed by atoms with E-state index in [1.807, 2.05) is 39.0 Å². The molecule has 0 radical (unpaired) electrons. The van der Waals surface area contributed by atoms with Gasteiger partial charge in [-0.3, -0.25) is 9.36 Å². The minimum Gasteiger partial charge on any atom is -0.444 e. The van der Waals surface area contributed by atoms with Crippen molar-refractivity contribution in [3.63, 3.8) is 0 Å². The molecule has 0 aliphatic heterocycles. The number of hydrogen-bond acceptors (Lipinski definition) is 4. The lowest BCUT2D eigenvalue weighted by Gasteiger charge is -2.25. The van der Waals surface area contributed by atoms with E-state index >= 15 is 0 Å². The molecule has 1 aromatic heterocycles. The second-order valence-corrected chi connectivity index (χ2v) is 7.51. The number of aromatic nitrogens is 2. The van der Waals surface area contributed by atoms with E-state index in [0.29, 0.717) is 18.5 Å². The summed E-state index contributed by atoms with van der Waals surface area (Å²) in [5, 5.41) is 0.604. The third-order valence-corrected chi connectivity index (χ3v) is 4.06. The second kappa shape index (κ2) is 8.34. The van der Waals surface area contributed by atoms with Crippen LogP contribution >= 0.6 is 0 Å². The van der Waals surface area contributed by atoms with Crippen molar-refractivity contribution >= 4 is 17.0 Å². The van der Waals surface area contributed by atoms with Gasteiger partial charge in [-0.05, 0) is 39.3 Å². The third-order valence-electron chi connectivity index (χ3n) is 4.06. The topological polar surface area (TPSA) is 64.4 Å². The maximum Gasteiger partial charge on any atom is 0.410 e. The molecular weight excluding hydrogens is 330 g/mol.